The van der Waals surface area contributed by atoms with Crippen molar-refractivity contribution in [3.8, 4) is 5.75 Å². The van der Waals surface area contributed by atoms with Crippen LogP contribution in [-0.4, -0.2) is 62.9 Å². The molecule has 1 aromatic carbocycles. The highest BCUT2D eigenvalue weighted by molar-refractivity contribution is 7.99. The number of benzene rings is 1. The second-order valence-corrected chi connectivity index (χ2v) is 6.38. The summed E-state index contributed by atoms with van der Waals surface area (Å²) >= 11 is 1.69. The summed E-state index contributed by atoms with van der Waals surface area (Å²) in [6.07, 6.45) is 0.554. The molecule has 0 atom stereocenters. The highest BCUT2D eigenvalue weighted by atomic mass is 35.5. The molecular formula is C16H26ClN3O2S. The van der Waals surface area contributed by atoms with E-state index in [1.165, 1.54) is 0 Å². The van der Waals surface area contributed by atoms with Crippen LogP contribution in [0.4, 0.5) is 0 Å². The minimum atomic E-state index is 0. The van der Waals surface area contributed by atoms with Crippen molar-refractivity contribution in [1.82, 2.24) is 15.5 Å². The van der Waals surface area contributed by atoms with Crippen molar-refractivity contribution >= 4 is 30.1 Å². The number of carbonyl (C=O) groups is 1. The number of ether oxygens (including phenoxy) is 1. The van der Waals surface area contributed by atoms with E-state index in [-0.39, 0.29) is 18.3 Å². The number of hydrogen-bond donors (Lipinski definition) is 2. The first-order valence-corrected chi connectivity index (χ1v) is 8.73. The second kappa shape index (κ2) is 11.6. The number of nitrogens with zero attached hydrogens (tertiary/aromatic N) is 1. The summed E-state index contributed by atoms with van der Waals surface area (Å²) in [6, 6.07) is 7.92. The molecule has 1 aromatic rings. The first-order chi connectivity index (χ1) is 10.8. The van der Waals surface area contributed by atoms with Gasteiger partial charge < -0.3 is 15.4 Å². The number of halogens is 1. The fourth-order valence-corrected chi connectivity index (χ4v) is 3.16. The van der Waals surface area contributed by atoms with Crippen molar-refractivity contribution in [2.24, 2.45) is 0 Å². The largest absolute Gasteiger partial charge is 0.497 e. The van der Waals surface area contributed by atoms with E-state index in [0.717, 1.165) is 55.7 Å². The third kappa shape index (κ3) is 7.92. The van der Waals surface area contributed by atoms with Crippen molar-refractivity contribution in [1.29, 1.82) is 0 Å². The third-order valence-electron chi connectivity index (χ3n) is 3.62. The van der Waals surface area contributed by atoms with Crippen LogP contribution >= 0.6 is 24.2 Å². The Morgan fingerprint density at radius 2 is 2.00 bits per heavy atom. The highest BCUT2D eigenvalue weighted by Gasteiger charge is 2.09. The molecule has 0 spiro atoms. The molecule has 0 bridgehead atoms. The van der Waals surface area contributed by atoms with E-state index >= 15 is 0 Å². The maximum Gasteiger partial charge on any atom is 0.220 e. The van der Waals surface area contributed by atoms with Gasteiger partial charge in [0.1, 0.15) is 5.75 Å². The van der Waals surface area contributed by atoms with Crippen molar-refractivity contribution in [2.45, 2.75) is 11.3 Å². The fraction of sp³-hybridized carbons (Fsp3) is 0.562. The fourth-order valence-electron chi connectivity index (χ4n) is 2.31. The standard InChI is InChI=1S/C16H25N3O2S.ClH/c1-21-14-2-4-15(5-3-14)22-13-6-16(20)18-9-12-19-10-7-17-8-11-19;/h2-5,17H,6-13H2,1H3,(H,18,20);1H. The lowest BCUT2D eigenvalue weighted by atomic mass is 10.3. The molecule has 5 nitrogen and oxygen atoms in total. The molecular weight excluding hydrogens is 334 g/mol. The van der Waals surface area contributed by atoms with E-state index in [2.05, 4.69) is 15.5 Å². The predicted octanol–water partition coefficient (Wildman–Crippen LogP) is 1.62. The average Bonchev–Trinajstić information content (AvgIpc) is 2.56. The van der Waals surface area contributed by atoms with Gasteiger partial charge in [0.05, 0.1) is 7.11 Å². The summed E-state index contributed by atoms with van der Waals surface area (Å²) < 4.78 is 5.12. The van der Waals surface area contributed by atoms with Crippen molar-refractivity contribution in [2.75, 3.05) is 52.1 Å². The summed E-state index contributed by atoms with van der Waals surface area (Å²) in [6.45, 7) is 5.93. The molecule has 0 unspecified atom stereocenters. The lowest BCUT2D eigenvalue weighted by Crippen LogP contribution is -2.46. The van der Waals surface area contributed by atoms with Gasteiger partial charge in [-0.05, 0) is 24.3 Å². The van der Waals surface area contributed by atoms with E-state index in [1.807, 2.05) is 24.3 Å². The van der Waals surface area contributed by atoms with E-state index < -0.39 is 0 Å². The number of amides is 1. The number of piperazine rings is 1. The third-order valence-corrected chi connectivity index (χ3v) is 4.63. The van der Waals surface area contributed by atoms with Gasteiger partial charge in [-0.15, -0.1) is 24.2 Å². The Balaban J connectivity index is 0.00000264. The number of carbonyl (C=O) groups excluding carboxylic acids is 1. The van der Waals surface area contributed by atoms with Gasteiger partial charge in [0.15, 0.2) is 0 Å². The predicted molar refractivity (Wildman–Crippen MR) is 97.9 cm³/mol. The Morgan fingerprint density at radius 1 is 1.30 bits per heavy atom. The summed E-state index contributed by atoms with van der Waals surface area (Å²) in [5, 5.41) is 6.33. The zero-order valence-electron chi connectivity index (χ0n) is 13.5. The van der Waals surface area contributed by atoms with Gasteiger partial charge >= 0.3 is 0 Å². The highest BCUT2D eigenvalue weighted by Crippen LogP contribution is 2.21. The SMILES string of the molecule is COc1ccc(SCCC(=O)NCCN2CCNCC2)cc1.Cl. The maximum absolute atomic E-state index is 11.8. The number of rotatable bonds is 8. The van der Waals surface area contributed by atoms with Crippen LogP contribution in [0.15, 0.2) is 29.2 Å². The van der Waals surface area contributed by atoms with Crippen LogP contribution in [-0.2, 0) is 4.79 Å². The van der Waals surface area contributed by atoms with Gasteiger partial charge in [0.2, 0.25) is 5.91 Å². The quantitative estimate of drug-likeness (QED) is 0.691. The first-order valence-electron chi connectivity index (χ1n) is 7.74. The Hall–Kier alpha value is -0.950. The molecule has 0 aliphatic carbocycles. The van der Waals surface area contributed by atoms with E-state index in [9.17, 15) is 4.79 Å². The number of thioether (sulfide) groups is 1. The molecule has 1 saturated heterocycles. The van der Waals surface area contributed by atoms with E-state index in [1.54, 1.807) is 18.9 Å². The maximum atomic E-state index is 11.8. The molecule has 23 heavy (non-hydrogen) atoms. The molecule has 1 aliphatic rings. The lowest BCUT2D eigenvalue weighted by Gasteiger charge is -2.27. The monoisotopic (exact) mass is 359 g/mol. The Labute approximate surface area is 148 Å². The molecule has 7 heteroatoms. The van der Waals surface area contributed by atoms with Crippen LogP contribution in [0.25, 0.3) is 0 Å². The Morgan fingerprint density at radius 3 is 2.65 bits per heavy atom. The molecule has 130 valence electrons. The van der Waals surface area contributed by atoms with Gasteiger partial charge in [-0.2, -0.15) is 0 Å². The van der Waals surface area contributed by atoms with Gasteiger partial charge in [0, 0.05) is 56.3 Å². The first kappa shape index (κ1) is 20.1. The summed E-state index contributed by atoms with van der Waals surface area (Å²) in [4.78, 5) is 15.3. The molecule has 0 radical (unpaired) electrons. The van der Waals surface area contributed by atoms with Crippen molar-refractivity contribution in [3.05, 3.63) is 24.3 Å². The van der Waals surface area contributed by atoms with Crippen LogP contribution in [0.3, 0.4) is 0 Å². The molecule has 1 amide bonds. The Kier molecular flexibility index (Phi) is 10.1. The van der Waals surface area contributed by atoms with Gasteiger partial charge in [-0.25, -0.2) is 0 Å². The normalized spacial score (nSPS) is 14.8. The molecule has 0 aromatic heterocycles. The van der Waals surface area contributed by atoms with Crippen LogP contribution in [0.2, 0.25) is 0 Å². The number of hydrogen-bond acceptors (Lipinski definition) is 5. The smallest absolute Gasteiger partial charge is 0.220 e. The van der Waals surface area contributed by atoms with Crippen molar-refractivity contribution < 1.29 is 9.53 Å². The van der Waals surface area contributed by atoms with Crippen LogP contribution in [0.5, 0.6) is 5.75 Å². The molecule has 2 N–H and O–H groups in total. The summed E-state index contributed by atoms with van der Waals surface area (Å²) in [5.41, 5.74) is 0. The summed E-state index contributed by atoms with van der Waals surface area (Å²) in [5.74, 6) is 1.79. The van der Waals surface area contributed by atoms with Crippen molar-refractivity contribution in [3.63, 3.8) is 0 Å². The van der Waals surface area contributed by atoms with Crippen LogP contribution in [0, 0.1) is 0 Å². The van der Waals surface area contributed by atoms with Gasteiger partial charge in [0.25, 0.3) is 0 Å². The molecule has 0 saturated carbocycles. The molecule has 1 heterocycles. The van der Waals surface area contributed by atoms with Crippen LogP contribution < -0.4 is 15.4 Å². The zero-order chi connectivity index (χ0) is 15.6. The van der Waals surface area contributed by atoms with Gasteiger partial charge in [-0.3, -0.25) is 9.69 Å². The topological polar surface area (TPSA) is 53.6 Å². The average molecular weight is 360 g/mol. The molecule has 2 rings (SSSR count). The second-order valence-electron chi connectivity index (χ2n) is 5.22. The Bertz CT molecular complexity index is 453. The molecule has 1 fully saturated rings. The lowest BCUT2D eigenvalue weighted by molar-refractivity contribution is -0.120. The minimum Gasteiger partial charge on any atom is -0.497 e. The number of methoxy groups -OCH3 is 1. The van der Waals surface area contributed by atoms with E-state index in [4.69, 9.17) is 4.74 Å². The van der Waals surface area contributed by atoms with Crippen LogP contribution in [0.1, 0.15) is 6.42 Å². The zero-order valence-corrected chi connectivity index (χ0v) is 15.2. The van der Waals surface area contributed by atoms with Gasteiger partial charge in [-0.1, -0.05) is 0 Å². The van der Waals surface area contributed by atoms with E-state index in [0.29, 0.717) is 6.42 Å². The minimum absolute atomic E-state index is 0. The molecule has 1 aliphatic heterocycles. The summed E-state index contributed by atoms with van der Waals surface area (Å²) in [7, 11) is 1.66. The number of nitrogens with one attached hydrogen (secondary N) is 2.